The molecule has 0 unspecified atom stereocenters. The minimum absolute atomic E-state index is 0.0929. The van der Waals surface area contributed by atoms with E-state index >= 15 is 0 Å². The second-order valence-corrected chi connectivity index (χ2v) is 7.20. The van der Waals surface area contributed by atoms with Crippen LogP contribution in [-0.4, -0.2) is 38.4 Å². The largest absolute Gasteiger partial charge is 0.452 e. The molecule has 1 aliphatic carbocycles. The molecule has 1 aliphatic rings. The van der Waals surface area contributed by atoms with Crippen molar-refractivity contribution >= 4 is 28.8 Å². The Morgan fingerprint density at radius 3 is 2.89 bits per heavy atom. The van der Waals surface area contributed by atoms with Crippen LogP contribution in [0.15, 0.2) is 22.9 Å². The van der Waals surface area contributed by atoms with E-state index in [9.17, 15) is 9.59 Å². The van der Waals surface area contributed by atoms with Crippen molar-refractivity contribution in [2.24, 2.45) is 0 Å². The lowest BCUT2D eigenvalue weighted by molar-refractivity contribution is -0.119. The fourth-order valence-electron chi connectivity index (χ4n) is 3.08. The Morgan fingerprint density at radius 2 is 2.18 bits per heavy atom. The molecule has 0 bridgehead atoms. The Bertz CT molecular complexity index is 1050. The van der Waals surface area contributed by atoms with E-state index in [0.29, 0.717) is 34.1 Å². The van der Waals surface area contributed by atoms with Crippen LogP contribution in [-0.2, 0) is 9.53 Å². The number of nitrogens with one attached hydrogen (secondary N) is 1. The van der Waals surface area contributed by atoms with Crippen LogP contribution in [0.4, 0.5) is 5.82 Å². The van der Waals surface area contributed by atoms with E-state index in [2.05, 4.69) is 20.6 Å². The van der Waals surface area contributed by atoms with Crippen molar-refractivity contribution in [2.75, 3.05) is 11.9 Å². The van der Waals surface area contributed by atoms with Gasteiger partial charge in [-0.1, -0.05) is 5.16 Å². The Labute approximate surface area is 161 Å². The molecule has 0 aromatic carbocycles. The molecule has 3 aromatic rings. The maximum Gasteiger partial charge on any atom is 0.339 e. The van der Waals surface area contributed by atoms with Crippen LogP contribution < -0.4 is 5.32 Å². The molecule has 28 heavy (non-hydrogen) atoms. The van der Waals surface area contributed by atoms with E-state index in [1.165, 1.54) is 0 Å². The van der Waals surface area contributed by atoms with Crippen molar-refractivity contribution < 1.29 is 18.8 Å². The number of aromatic nitrogens is 4. The summed E-state index contributed by atoms with van der Waals surface area (Å²) in [6, 6.07) is 3.50. The molecule has 0 radical (unpaired) electrons. The van der Waals surface area contributed by atoms with Crippen LogP contribution in [0, 0.1) is 6.92 Å². The first-order chi connectivity index (χ1) is 13.4. The molecule has 1 saturated carbocycles. The molecule has 1 N–H and O–H groups in total. The van der Waals surface area contributed by atoms with Crippen molar-refractivity contribution in [3.63, 3.8) is 0 Å². The molecular formula is C19H21N5O4. The van der Waals surface area contributed by atoms with Gasteiger partial charge >= 0.3 is 5.97 Å². The van der Waals surface area contributed by atoms with E-state index in [0.717, 1.165) is 18.5 Å². The lowest BCUT2D eigenvalue weighted by atomic mass is 10.1. The highest BCUT2D eigenvalue weighted by Gasteiger charge is 2.29. The zero-order valence-electron chi connectivity index (χ0n) is 15.9. The molecule has 3 aromatic heterocycles. The predicted molar refractivity (Wildman–Crippen MR) is 100 cm³/mol. The Balaban J connectivity index is 1.48. The first kappa shape index (κ1) is 18.1. The molecule has 0 atom stereocenters. The molecule has 0 saturated heterocycles. The van der Waals surface area contributed by atoms with E-state index in [1.807, 2.05) is 13.8 Å². The normalized spacial score (nSPS) is 13.9. The summed E-state index contributed by atoms with van der Waals surface area (Å²) in [6.07, 6.45) is 3.67. The van der Waals surface area contributed by atoms with Crippen LogP contribution >= 0.6 is 0 Å². The Morgan fingerprint density at radius 1 is 1.39 bits per heavy atom. The number of pyridine rings is 1. The smallest absolute Gasteiger partial charge is 0.339 e. The summed E-state index contributed by atoms with van der Waals surface area (Å²) in [5, 5.41) is 11.3. The number of carbonyl (C=O) groups is 2. The van der Waals surface area contributed by atoms with Crippen molar-refractivity contribution in [1.29, 1.82) is 0 Å². The summed E-state index contributed by atoms with van der Waals surface area (Å²) in [5.74, 6) is -0.159. The van der Waals surface area contributed by atoms with Gasteiger partial charge in [0.25, 0.3) is 11.6 Å². The Kier molecular flexibility index (Phi) is 4.58. The van der Waals surface area contributed by atoms with Gasteiger partial charge in [0.05, 0.1) is 22.8 Å². The van der Waals surface area contributed by atoms with Crippen LogP contribution in [0.2, 0.25) is 0 Å². The van der Waals surface area contributed by atoms with Gasteiger partial charge in [-0.2, -0.15) is 5.10 Å². The standard InChI is InChI=1S/C19H21N5O4/c1-10(2)24-15(6-7-20-24)22-16(25)9-27-19(26)13-8-14(12-4-5-12)21-18-17(13)11(3)23-28-18/h6-8,10,12H,4-5,9H2,1-3H3,(H,22,25). The second-order valence-electron chi connectivity index (χ2n) is 7.20. The van der Waals surface area contributed by atoms with E-state index in [4.69, 9.17) is 9.26 Å². The third kappa shape index (κ3) is 3.47. The van der Waals surface area contributed by atoms with E-state index in [-0.39, 0.29) is 6.04 Å². The van der Waals surface area contributed by atoms with Crippen molar-refractivity contribution in [3.05, 3.63) is 35.3 Å². The van der Waals surface area contributed by atoms with Crippen LogP contribution in [0.5, 0.6) is 0 Å². The monoisotopic (exact) mass is 383 g/mol. The van der Waals surface area contributed by atoms with Crippen molar-refractivity contribution in [2.45, 2.75) is 45.6 Å². The average molecular weight is 383 g/mol. The van der Waals surface area contributed by atoms with E-state index < -0.39 is 18.5 Å². The maximum atomic E-state index is 12.7. The number of anilines is 1. The van der Waals surface area contributed by atoms with Crippen LogP contribution in [0.3, 0.4) is 0 Å². The number of nitrogens with zero attached hydrogens (tertiary/aromatic N) is 4. The van der Waals surface area contributed by atoms with Gasteiger partial charge in [0.1, 0.15) is 5.82 Å². The first-order valence-electron chi connectivity index (χ1n) is 9.21. The number of rotatable bonds is 6. The first-order valence-corrected chi connectivity index (χ1v) is 9.21. The molecule has 4 rings (SSSR count). The minimum atomic E-state index is -0.604. The predicted octanol–water partition coefficient (Wildman–Crippen LogP) is 2.98. The Hall–Kier alpha value is -3.23. The number of aryl methyl sites for hydroxylation is 1. The van der Waals surface area contributed by atoms with Gasteiger partial charge in [0.2, 0.25) is 0 Å². The summed E-state index contributed by atoms with van der Waals surface area (Å²) in [4.78, 5) is 29.3. The summed E-state index contributed by atoms with van der Waals surface area (Å²) < 4.78 is 12.2. The van der Waals surface area contributed by atoms with Gasteiger partial charge in [-0.15, -0.1) is 0 Å². The minimum Gasteiger partial charge on any atom is -0.452 e. The van der Waals surface area contributed by atoms with Gasteiger partial charge in [0.15, 0.2) is 6.61 Å². The van der Waals surface area contributed by atoms with Crippen molar-refractivity contribution in [1.82, 2.24) is 19.9 Å². The number of amides is 1. The molecule has 9 nitrogen and oxygen atoms in total. The maximum absolute atomic E-state index is 12.7. The highest BCUT2D eigenvalue weighted by molar-refractivity contribution is 6.04. The summed E-state index contributed by atoms with van der Waals surface area (Å²) in [5.41, 5.74) is 1.99. The molecule has 146 valence electrons. The summed E-state index contributed by atoms with van der Waals surface area (Å²) in [7, 11) is 0. The molecule has 0 aliphatic heterocycles. The average Bonchev–Trinajstić information content (AvgIpc) is 3.31. The third-order valence-corrected chi connectivity index (χ3v) is 4.61. The molecule has 1 fully saturated rings. The lowest BCUT2D eigenvalue weighted by Crippen LogP contribution is -2.23. The topological polar surface area (TPSA) is 112 Å². The fourth-order valence-corrected chi connectivity index (χ4v) is 3.08. The number of ether oxygens (including phenoxy) is 1. The zero-order chi connectivity index (χ0) is 19.8. The summed E-state index contributed by atoms with van der Waals surface area (Å²) >= 11 is 0. The highest BCUT2D eigenvalue weighted by atomic mass is 16.5. The highest BCUT2D eigenvalue weighted by Crippen LogP contribution is 2.40. The van der Waals surface area contributed by atoms with Crippen molar-refractivity contribution in [3.8, 4) is 0 Å². The van der Waals surface area contributed by atoms with Gasteiger partial charge < -0.3 is 14.6 Å². The number of esters is 1. The molecule has 9 heteroatoms. The molecule has 1 amide bonds. The fraction of sp³-hybridized carbons (Fsp3) is 0.421. The number of hydrogen-bond acceptors (Lipinski definition) is 7. The SMILES string of the molecule is Cc1noc2nc(C3CC3)cc(C(=O)OCC(=O)Nc3ccnn3C(C)C)c12. The zero-order valence-corrected chi connectivity index (χ0v) is 15.9. The van der Waals surface area contributed by atoms with Crippen LogP contribution in [0.1, 0.15) is 60.4 Å². The number of fused-ring (bicyclic) bond motifs is 1. The van der Waals surface area contributed by atoms with Gasteiger partial charge in [0, 0.05) is 23.7 Å². The molecular weight excluding hydrogens is 362 g/mol. The van der Waals surface area contributed by atoms with Gasteiger partial charge in [-0.25, -0.2) is 14.5 Å². The number of carbonyl (C=O) groups excluding carboxylic acids is 2. The van der Waals surface area contributed by atoms with Crippen LogP contribution in [0.25, 0.3) is 11.1 Å². The van der Waals surface area contributed by atoms with Gasteiger partial charge in [-0.05, 0) is 39.7 Å². The second kappa shape index (κ2) is 7.06. The van der Waals surface area contributed by atoms with E-state index in [1.54, 1.807) is 29.9 Å². The number of hydrogen-bond donors (Lipinski definition) is 1. The quantitative estimate of drug-likeness (QED) is 0.651. The lowest BCUT2D eigenvalue weighted by Gasteiger charge is -2.12. The third-order valence-electron chi connectivity index (χ3n) is 4.61. The van der Waals surface area contributed by atoms with Gasteiger partial charge in [-0.3, -0.25) is 4.79 Å². The molecule has 0 spiro atoms. The molecule has 3 heterocycles. The summed E-state index contributed by atoms with van der Waals surface area (Å²) in [6.45, 7) is 5.24.